The first kappa shape index (κ1) is 13.3. The molecule has 1 atom stereocenters. The number of hydrogen-bond donors (Lipinski definition) is 1. The summed E-state index contributed by atoms with van der Waals surface area (Å²) >= 11 is 0. The van der Waals surface area contributed by atoms with Crippen LogP contribution in [0.2, 0.25) is 0 Å². The number of nitrogens with zero attached hydrogens (tertiary/aromatic N) is 1. The van der Waals surface area contributed by atoms with Gasteiger partial charge in [-0.25, -0.2) is 0 Å². The summed E-state index contributed by atoms with van der Waals surface area (Å²) < 4.78 is 0. The largest absolute Gasteiger partial charge is 0.348 e. The molecule has 0 radical (unpaired) electrons. The van der Waals surface area contributed by atoms with Crippen LogP contribution in [0.4, 0.5) is 0 Å². The van der Waals surface area contributed by atoms with Crippen LogP contribution in [-0.2, 0) is 9.59 Å². The third-order valence-corrected chi connectivity index (χ3v) is 3.20. The van der Waals surface area contributed by atoms with Crippen molar-refractivity contribution in [2.24, 2.45) is 0 Å². The van der Waals surface area contributed by atoms with Crippen LogP contribution < -0.4 is 5.32 Å². The molecule has 1 aliphatic rings. The van der Waals surface area contributed by atoms with Crippen LogP contribution in [-0.4, -0.2) is 42.1 Å². The van der Waals surface area contributed by atoms with Gasteiger partial charge in [0.15, 0.2) is 0 Å². The van der Waals surface area contributed by atoms with Gasteiger partial charge in [-0.3, -0.25) is 9.59 Å². The highest BCUT2D eigenvalue weighted by atomic mass is 16.2. The Morgan fingerprint density at radius 2 is 2.05 bits per heavy atom. The lowest BCUT2D eigenvalue weighted by Gasteiger charge is -2.23. The fourth-order valence-electron chi connectivity index (χ4n) is 2.29. The second-order valence-electron chi connectivity index (χ2n) is 4.43. The zero-order chi connectivity index (χ0) is 13.7. The Balaban J connectivity index is 2.08. The summed E-state index contributed by atoms with van der Waals surface area (Å²) in [6, 6.07) is 8.44. The van der Waals surface area contributed by atoms with Crippen LogP contribution >= 0.6 is 0 Å². The van der Waals surface area contributed by atoms with Gasteiger partial charge < -0.3 is 15.0 Å². The van der Waals surface area contributed by atoms with Crippen molar-refractivity contribution in [1.82, 2.24) is 10.2 Å². The predicted octanol–water partition coefficient (Wildman–Crippen LogP) is 0.606. The summed E-state index contributed by atoms with van der Waals surface area (Å²) in [6.07, 6.45) is 2.08. The van der Waals surface area contributed by atoms with Gasteiger partial charge in [0.05, 0.1) is 6.54 Å². The SMILES string of the molecule is O=CCNC(=O)C1CCCN1C(=O)c1ccccc1. The van der Waals surface area contributed by atoms with Gasteiger partial charge in [-0.05, 0) is 25.0 Å². The third-order valence-electron chi connectivity index (χ3n) is 3.20. The maximum Gasteiger partial charge on any atom is 0.254 e. The second kappa shape index (κ2) is 6.13. The number of carbonyl (C=O) groups excluding carboxylic acids is 3. The van der Waals surface area contributed by atoms with E-state index in [-0.39, 0.29) is 18.4 Å². The summed E-state index contributed by atoms with van der Waals surface area (Å²) in [5.41, 5.74) is 0.581. The van der Waals surface area contributed by atoms with E-state index in [2.05, 4.69) is 5.32 Å². The molecule has 1 heterocycles. The number of nitrogens with one attached hydrogen (secondary N) is 1. The number of aldehydes is 1. The maximum absolute atomic E-state index is 12.3. The van der Waals surface area contributed by atoms with E-state index < -0.39 is 6.04 Å². The summed E-state index contributed by atoms with van der Waals surface area (Å²) in [4.78, 5) is 36.0. The fraction of sp³-hybridized carbons (Fsp3) is 0.357. The first-order valence-corrected chi connectivity index (χ1v) is 6.31. The number of amides is 2. The Hall–Kier alpha value is -2.17. The van der Waals surface area contributed by atoms with Crippen LogP contribution in [0.1, 0.15) is 23.2 Å². The molecule has 1 fully saturated rings. The quantitative estimate of drug-likeness (QED) is 0.806. The van der Waals surface area contributed by atoms with E-state index >= 15 is 0 Å². The third kappa shape index (κ3) is 2.99. The molecule has 5 heteroatoms. The van der Waals surface area contributed by atoms with Gasteiger partial charge in [0.2, 0.25) is 5.91 Å². The molecular weight excluding hydrogens is 244 g/mol. The molecule has 1 aromatic rings. The molecular formula is C14H16N2O3. The molecule has 0 bridgehead atoms. The molecule has 1 aliphatic heterocycles. The molecule has 2 amide bonds. The van der Waals surface area contributed by atoms with E-state index in [1.807, 2.05) is 6.07 Å². The minimum absolute atomic E-state index is 0.0112. The minimum Gasteiger partial charge on any atom is -0.348 e. The first-order chi connectivity index (χ1) is 9.24. The topological polar surface area (TPSA) is 66.5 Å². The van der Waals surface area contributed by atoms with Crippen molar-refractivity contribution in [3.8, 4) is 0 Å². The van der Waals surface area contributed by atoms with E-state index in [9.17, 15) is 14.4 Å². The van der Waals surface area contributed by atoms with Gasteiger partial charge in [-0.15, -0.1) is 0 Å². The average Bonchev–Trinajstić information content (AvgIpc) is 2.94. The zero-order valence-electron chi connectivity index (χ0n) is 10.5. The molecule has 5 nitrogen and oxygen atoms in total. The fourth-order valence-corrected chi connectivity index (χ4v) is 2.29. The highest BCUT2D eigenvalue weighted by Gasteiger charge is 2.34. The Bertz CT molecular complexity index is 473. The molecule has 1 aromatic carbocycles. The Morgan fingerprint density at radius 3 is 2.74 bits per heavy atom. The second-order valence-corrected chi connectivity index (χ2v) is 4.43. The van der Waals surface area contributed by atoms with Gasteiger partial charge in [-0.2, -0.15) is 0 Å². The smallest absolute Gasteiger partial charge is 0.254 e. The monoisotopic (exact) mass is 260 g/mol. The number of benzene rings is 1. The summed E-state index contributed by atoms with van der Waals surface area (Å²) in [7, 11) is 0. The van der Waals surface area contributed by atoms with E-state index in [0.717, 1.165) is 6.42 Å². The van der Waals surface area contributed by atoms with E-state index in [1.54, 1.807) is 29.2 Å². The summed E-state index contributed by atoms with van der Waals surface area (Å²) in [5.74, 6) is -0.391. The van der Waals surface area contributed by atoms with Crippen LogP contribution in [0.15, 0.2) is 30.3 Å². The normalized spacial score (nSPS) is 18.1. The van der Waals surface area contributed by atoms with Crippen molar-refractivity contribution >= 4 is 18.1 Å². The Morgan fingerprint density at radius 1 is 1.32 bits per heavy atom. The molecule has 100 valence electrons. The maximum atomic E-state index is 12.3. The molecule has 2 rings (SSSR count). The van der Waals surface area contributed by atoms with Crippen LogP contribution in [0.5, 0.6) is 0 Å². The molecule has 19 heavy (non-hydrogen) atoms. The summed E-state index contributed by atoms with van der Waals surface area (Å²) in [6.45, 7) is 0.565. The lowest BCUT2D eigenvalue weighted by Crippen LogP contribution is -2.46. The molecule has 1 saturated heterocycles. The van der Waals surface area contributed by atoms with Gasteiger partial charge in [-0.1, -0.05) is 18.2 Å². The van der Waals surface area contributed by atoms with Gasteiger partial charge in [0.25, 0.3) is 5.91 Å². The minimum atomic E-state index is -0.465. The van der Waals surface area contributed by atoms with Crippen molar-refractivity contribution < 1.29 is 14.4 Å². The van der Waals surface area contributed by atoms with Crippen LogP contribution in [0.25, 0.3) is 0 Å². The molecule has 0 saturated carbocycles. The Kier molecular flexibility index (Phi) is 4.28. The predicted molar refractivity (Wildman–Crippen MR) is 69.6 cm³/mol. The molecule has 1 N–H and O–H groups in total. The van der Waals surface area contributed by atoms with Crippen LogP contribution in [0, 0.1) is 0 Å². The highest BCUT2D eigenvalue weighted by molar-refractivity contribution is 5.98. The summed E-state index contributed by atoms with van der Waals surface area (Å²) in [5, 5.41) is 2.51. The van der Waals surface area contributed by atoms with Crippen molar-refractivity contribution in [1.29, 1.82) is 0 Å². The van der Waals surface area contributed by atoms with Crippen molar-refractivity contribution in [2.45, 2.75) is 18.9 Å². The van der Waals surface area contributed by atoms with Crippen molar-refractivity contribution in [3.05, 3.63) is 35.9 Å². The van der Waals surface area contributed by atoms with Crippen molar-refractivity contribution in [3.63, 3.8) is 0 Å². The molecule has 0 aliphatic carbocycles. The van der Waals surface area contributed by atoms with E-state index in [1.165, 1.54) is 0 Å². The number of hydrogen-bond acceptors (Lipinski definition) is 3. The average molecular weight is 260 g/mol. The van der Waals surface area contributed by atoms with Gasteiger partial charge in [0.1, 0.15) is 12.3 Å². The standard InChI is InChI=1S/C14H16N2O3/c17-10-8-15-13(18)12-7-4-9-16(12)14(19)11-5-2-1-3-6-11/h1-3,5-6,10,12H,4,7-9H2,(H,15,18). The van der Waals surface area contributed by atoms with Gasteiger partial charge in [0, 0.05) is 12.1 Å². The Labute approximate surface area is 111 Å². The molecule has 0 aromatic heterocycles. The van der Waals surface area contributed by atoms with Crippen LogP contribution in [0.3, 0.4) is 0 Å². The first-order valence-electron chi connectivity index (χ1n) is 6.31. The van der Waals surface area contributed by atoms with Gasteiger partial charge >= 0.3 is 0 Å². The number of likely N-dealkylation sites (tertiary alicyclic amines) is 1. The molecule has 0 spiro atoms. The molecule has 1 unspecified atom stereocenters. The zero-order valence-corrected chi connectivity index (χ0v) is 10.5. The highest BCUT2D eigenvalue weighted by Crippen LogP contribution is 2.20. The lowest BCUT2D eigenvalue weighted by atomic mass is 10.1. The van der Waals surface area contributed by atoms with E-state index in [4.69, 9.17) is 0 Å². The van der Waals surface area contributed by atoms with E-state index in [0.29, 0.717) is 24.8 Å². The van der Waals surface area contributed by atoms with Crippen molar-refractivity contribution in [2.75, 3.05) is 13.1 Å². The number of carbonyl (C=O) groups is 3. The number of rotatable bonds is 4. The lowest BCUT2D eigenvalue weighted by molar-refractivity contribution is -0.125.